The van der Waals surface area contributed by atoms with Crippen molar-refractivity contribution in [1.82, 2.24) is 9.97 Å². The maximum Gasteiger partial charge on any atom is 0.325 e. The van der Waals surface area contributed by atoms with Crippen LogP contribution in [0.3, 0.4) is 0 Å². The van der Waals surface area contributed by atoms with E-state index in [4.69, 9.17) is 0 Å². The smallest absolute Gasteiger partial charge is 0.312 e. The number of H-pyrrole nitrogens is 2. The van der Waals surface area contributed by atoms with Gasteiger partial charge in [-0.2, -0.15) is 0 Å². The topological polar surface area (TPSA) is 65.7 Å². The lowest BCUT2D eigenvalue weighted by atomic mass is 10.5. The van der Waals surface area contributed by atoms with E-state index in [0.717, 1.165) is 0 Å². The monoisotopic (exact) mass is 286 g/mol. The zero-order chi connectivity index (χ0) is 6.85. The number of aryl methyl sites for hydroxylation is 1. The molecule has 64 valence electrons. The molecule has 0 aliphatic rings. The molecule has 2 N–H and O–H groups in total. The first-order chi connectivity index (χ1) is 4.18. The molecule has 0 aliphatic heterocycles. The molecule has 0 amide bonds. The van der Waals surface area contributed by atoms with Crippen LogP contribution in [0.1, 0.15) is 5.69 Å². The van der Waals surface area contributed by atoms with Crippen molar-refractivity contribution >= 4 is 34.0 Å². The van der Waals surface area contributed by atoms with E-state index in [1.807, 2.05) is 4.98 Å². The lowest BCUT2D eigenvalue weighted by molar-refractivity contribution is 0.994. The van der Waals surface area contributed by atoms with Crippen LogP contribution in [0.2, 0.25) is 0 Å². The Morgan fingerprint density at radius 2 is 1.73 bits per heavy atom. The summed E-state index contributed by atoms with van der Waals surface area (Å²) in [6.07, 6.45) is 0. The van der Waals surface area contributed by atoms with Crippen molar-refractivity contribution in [2.75, 3.05) is 0 Å². The normalized spacial score (nSPS) is 7.73. The number of aromatic amines is 2. The highest BCUT2D eigenvalue weighted by Gasteiger charge is 1.86. The summed E-state index contributed by atoms with van der Waals surface area (Å²) in [7, 11) is 0. The second-order valence-electron chi connectivity index (χ2n) is 1.77. The van der Waals surface area contributed by atoms with Gasteiger partial charge in [-0.25, -0.2) is 4.79 Å². The number of halogens is 2. The number of hydrogen-bond donors (Lipinski definition) is 2. The van der Waals surface area contributed by atoms with E-state index in [1.54, 1.807) is 6.92 Å². The third kappa shape index (κ3) is 4.15. The molecule has 0 aliphatic carbocycles. The molecule has 1 heterocycles. The van der Waals surface area contributed by atoms with Crippen molar-refractivity contribution in [2.45, 2.75) is 6.92 Å². The maximum atomic E-state index is 10.4. The van der Waals surface area contributed by atoms with Crippen LogP contribution in [-0.4, -0.2) is 9.97 Å². The summed E-state index contributed by atoms with van der Waals surface area (Å²) < 4.78 is 0. The minimum Gasteiger partial charge on any atom is -0.312 e. The van der Waals surface area contributed by atoms with Crippen LogP contribution in [0.25, 0.3) is 0 Å². The van der Waals surface area contributed by atoms with Crippen LogP contribution in [0.4, 0.5) is 0 Å². The van der Waals surface area contributed by atoms with Crippen molar-refractivity contribution in [3.63, 3.8) is 0 Å². The number of nitrogens with one attached hydrogen (secondary N) is 2. The van der Waals surface area contributed by atoms with Gasteiger partial charge in [0.05, 0.1) is 0 Å². The zero-order valence-electron chi connectivity index (χ0n) is 5.71. The number of hydrogen-bond acceptors (Lipinski definition) is 2. The van der Waals surface area contributed by atoms with Gasteiger partial charge in [0.2, 0.25) is 0 Å². The summed E-state index contributed by atoms with van der Waals surface area (Å²) in [5.74, 6) is 0. The van der Waals surface area contributed by atoms with E-state index in [0.29, 0.717) is 5.69 Å². The van der Waals surface area contributed by atoms with Crippen molar-refractivity contribution in [1.29, 1.82) is 0 Å². The molecule has 0 saturated heterocycles. The van der Waals surface area contributed by atoms with Gasteiger partial charge in [0, 0.05) is 11.8 Å². The Morgan fingerprint density at radius 1 is 1.18 bits per heavy atom. The molecule has 1 aromatic heterocycles. The first kappa shape index (κ1) is 13.2. The van der Waals surface area contributed by atoms with Gasteiger partial charge in [-0.15, -0.1) is 34.0 Å². The summed E-state index contributed by atoms with van der Waals surface area (Å²) in [4.78, 5) is 25.3. The lowest BCUT2D eigenvalue weighted by Gasteiger charge is -1.85. The second kappa shape index (κ2) is 5.31. The highest BCUT2D eigenvalue weighted by atomic mass is 79.9. The Hall–Kier alpha value is -0.360. The average Bonchev–Trinajstić information content (AvgIpc) is 1.59. The van der Waals surface area contributed by atoms with E-state index in [9.17, 15) is 9.59 Å². The fraction of sp³-hybridized carbons (Fsp3) is 0.200. The maximum absolute atomic E-state index is 10.4. The van der Waals surface area contributed by atoms with E-state index in [1.165, 1.54) is 6.07 Å². The molecule has 0 fully saturated rings. The van der Waals surface area contributed by atoms with E-state index in [2.05, 4.69) is 4.98 Å². The molecular formula is C5H8Br2N2O2. The predicted molar refractivity (Wildman–Crippen MR) is 53.1 cm³/mol. The Balaban J connectivity index is 0. The summed E-state index contributed by atoms with van der Waals surface area (Å²) in [6.45, 7) is 1.65. The highest BCUT2D eigenvalue weighted by Crippen LogP contribution is 1.73. The quantitative estimate of drug-likeness (QED) is 0.731. The van der Waals surface area contributed by atoms with Crippen molar-refractivity contribution in [3.05, 3.63) is 32.6 Å². The SMILES string of the molecule is Br.Br.Cc1cc(=O)[nH]c(=O)[nH]1. The van der Waals surface area contributed by atoms with Crippen molar-refractivity contribution in [2.24, 2.45) is 0 Å². The number of aromatic nitrogens is 2. The summed E-state index contributed by atoms with van der Waals surface area (Å²) in [5.41, 5.74) is -0.250. The molecular weight excluding hydrogens is 280 g/mol. The van der Waals surface area contributed by atoms with Gasteiger partial charge in [-0.1, -0.05) is 0 Å². The minimum absolute atomic E-state index is 0. The molecule has 0 saturated carbocycles. The van der Waals surface area contributed by atoms with Gasteiger partial charge in [0.1, 0.15) is 0 Å². The largest absolute Gasteiger partial charge is 0.325 e. The molecule has 1 rings (SSSR count). The van der Waals surface area contributed by atoms with E-state index in [-0.39, 0.29) is 39.5 Å². The third-order valence-electron chi connectivity index (χ3n) is 0.895. The third-order valence-corrected chi connectivity index (χ3v) is 0.895. The van der Waals surface area contributed by atoms with Crippen molar-refractivity contribution < 1.29 is 0 Å². The molecule has 0 radical (unpaired) electrons. The number of rotatable bonds is 0. The van der Waals surface area contributed by atoms with Gasteiger partial charge in [-0.05, 0) is 6.92 Å². The zero-order valence-corrected chi connectivity index (χ0v) is 9.14. The average molecular weight is 288 g/mol. The van der Waals surface area contributed by atoms with Crippen LogP contribution < -0.4 is 11.2 Å². The fourth-order valence-electron chi connectivity index (χ4n) is 0.591. The van der Waals surface area contributed by atoms with Crippen LogP contribution in [0.15, 0.2) is 15.7 Å². The molecule has 11 heavy (non-hydrogen) atoms. The predicted octanol–water partition coefficient (Wildman–Crippen LogP) is 0.527. The van der Waals surface area contributed by atoms with Crippen LogP contribution in [0, 0.1) is 6.92 Å². The van der Waals surface area contributed by atoms with Gasteiger partial charge >= 0.3 is 5.69 Å². The van der Waals surface area contributed by atoms with E-state index < -0.39 is 5.69 Å². The van der Waals surface area contributed by atoms with Gasteiger partial charge in [0.15, 0.2) is 0 Å². The van der Waals surface area contributed by atoms with E-state index >= 15 is 0 Å². The Kier molecular flexibility index (Phi) is 6.40. The van der Waals surface area contributed by atoms with Crippen LogP contribution >= 0.6 is 34.0 Å². The molecule has 0 atom stereocenters. The second-order valence-corrected chi connectivity index (χ2v) is 1.77. The minimum atomic E-state index is -0.458. The molecule has 6 heteroatoms. The molecule has 4 nitrogen and oxygen atoms in total. The van der Waals surface area contributed by atoms with Gasteiger partial charge < -0.3 is 4.98 Å². The Labute approximate surface area is 83.6 Å². The van der Waals surface area contributed by atoms with Crippen LogP contribution in [-0.2, 0) is 0 Å². The van der Waals surface area contributed by atoms with Gasteiger partial charge in [0.25, 0.3) is 5.56 Å². The van der Waals surface area contributed by atoms with Crippen LogP contribution in [0.5, 0.6) is 0 Å². The molecule has 0 spiro atoms. The molecule has 0 aromatic carbocycles. The summed E-state index contributed by atoms with van der Waals surface area (Å²) in [5, 5.41) is 0. The molecule has 0 bridgehead atoms. The molecule has 0 unspecified atom stereocenters. The van der Waals surface area contributed by atoms with Gasteiger partial charge in [-0.3, -0.25) is 9.78 Å². The summed E-state index contributed by atoms with van der Waals surface area (Å²) in [6, 6.07) is 1.32. The lowest BCUT2D eigenvalue weighted by Crippen LogP contribution is -2.21. The summed E-state index contributed by atoms with van der Waals surface area (Å²) >= 11 is 0. The highest BCUT2D eigenvalue weighted by molar-refractivity contribution is 8.93. The first-order valence-corrected chi connectivity index (χ1v) is 2.49. The molecule has 1 aromatic rings. The Bertz CT molecular complexity index is 288. The first-order valence-electron chi connectivity index (χ1n) is 2.49. The Morgan fingerprint density at radius 3 is 2.09 bits per heavy atom. The fourth-order valence-corrected chi connectivity index (χ4v) is 0.591. The standard InChI is InChI=1S/C5H6N2O2.2BrH/c1-3-2-4(8)7-5(9)6-3;;/h2H,1H3,(H2,6,7,8,9);2*1H. The van der Waals surface area contributed by atoms with Crippen molar-refractivity contribution in [3.8, 4) is 0 Å².